The zero-order valence-corrected chi connectivity index (χ0v) is 17.7. The first-order chi connectivity index (χ1) is 14.3. The highest BCUT2D eigenvalue weighted by Crippen LogP contribution is 2.13. The van der Waals surface area contributed by atoms with E-state index in [1.54, 1.807) is 13.4 Å². The molecule has 1 fully saturated rings. The summed E-state index contributed by atoms with van der Waals surface area (Å²) in [7, 11) is 1.68. The van der Waals surface area contributed by atoms with Gasteiger partial charge < -0.3 is 24.7 Å². The van der Waals surface area contributed by atoms with Gasteiger partial charge in [0.15, 0.2) is 5.96 Å². The second-order valence-electron chi connectivity index (χ2n) is 7.53. The monoisotopic (exact) mass is 398 g/mol. The fraction of sp³-hybridized carbons (Fsp3) is 0.522. The van der Waals surface area contributed by atoms with Crippen LogP contribution >= 0.6 is 0 Å². The largest absolute Gasteiger partial charge is 0.497 e. The molecule has 0 saturated carbocycles. The summed E-state index contributed by atoms with van der Waals surface area (Å²) >= 11 is 0. The van der Waals surface area contributed by atoms with Crippen molar-refractivity contribution in [3.8, 4) is 5.75 Å². The molecule has 0 unspecified atom stereocenters. The van der Waals surface area contributed by atoms with Gasteiger partial charge in [0.25, 0.3) is 0 Å². The van der Waals surface area contributed by atoms with Gasteiger partial charge in [0.05, 0.1) is 19.9 Å². The van der Waals surface area contributed by atoms with Crippen LogP contribution in [0.2, 0.25) is 0 Å². The minimum atomic E-state index is 0.467. The number of hydrogen-bond acceptors (Lipinski definition) is 4. The lowest BCUT2D eigenvalue weighted by atomic mass is 10.1. The molecule has 1 saturated heterocycles. The van der Waals surface area contributed by atoms with E-state index in [9.17, 15) is 0 Å². The first kappa shape index (κ1) is 21.2. The van der Waals surface area contributed by atoms with E-state index in [1.807, 2.05) is 24.3 Å². The van der Waals surface area contributed by atoms with E-state index in [0.717, 1.165) is 61.9 Å². The highest BCUT2D eigenvalue weighted by Gasteiger charge is 2.19. The van der Waals surface area contributed by atoms with Crippen LogP contribution < -0.4 is 15.4 Å². The van der Waals surface area contributed by atoms with Gasteiger partial charge in [-0.3, -0.25) is 0 Å². The molecular formula is C23H34N4O2. The fourth-order valence-electron chi connectivity index (χ4n) is 3.62. The highest BCUT2D eigenvalue weighted by molar-refractivity contribution is 5.80. The van der Waals surface area contributed by atoms with E-state index in [4.69, 9.17) is 14.1 Å². The van der Waals surface area contributed by atoms with E-state index in [-0.39, 0.29) is 0 Å². The molecule has 1 aliphatic rings. The molecule has 3 rings (SSSR count). The van der Waals surface area contributed by atoms with E-state index in [0.29, 0.717) is 12.6 Å². The molecule has 6 nitrogen and oxygen atoms in total. The number of nitrogens with zero attached hydrogens (tertiary/aromatic N) is 2. The number of furan rings is 1. The molecule has 0 bridgehead atoms. The van der Waals surface area contributed by atoms with Crippen molar-refractivity contribution in [2.75, 3.05) is 33.3 Å². The van der Waals surface area contributed by atoms with Gasteiger partial charge in [-0.15, -0.1) is 0 Å². The molecule has 0 atom stereocenters. The summed E-state index contributed by atoms with van der Waals surface area (Å²) in [4.78, 5) is 7.38. The van der Waals surface area contributed by atoms with Crippen LogP contribution in [0.3, 0.4) is 0 Å². The van der Waals surface area contributed by atoms with Crippen molar-refractivity contribution in [2.24, 2.45) is 4.99 Å². The maximum absolute atomic E-state index is 5.43. The lowest BCUT2D eigenvalue weighted by molar-refractivity contribution is 0.206. The van der Waals surface area contributed by atoms with Crippen LogP contribution in [0.5, 0.6) is 5.75 Å². The quantitative estimate of drug-likeness (QED) is 0.500. The molecule has 1 aliphatic heterocycles. The van der Waals surface area contributed by atoms with Crippen LogP contribution in [0.1, 0.15) is 37.5 Å². The molecule has 1 aromatic heterocycles. The average Bonchev–Trinajstić information content (AvgIpc) is 3.27. The lowest BCUT2D eigenvalue weighted by Gasteiger charge is -2.32. The number of ether oxygens (including phenoxy) is 1. The molecule has 2 heterocycles. The van der Waals surface area contributed by atoms with Crippen molar-refractivity contribution in [3.05, 3.63) is 54.0 Å². The second kappa shape index (κ2) is 11.5. The van der Waals surface area contributed by atoms with Gasteiger partial charge in [-0.2, -0.15) is 0 Å². The van der Waals surface area contributed by atoms with E-state index in [1.165, 1.54) is 13.0 Å². The summed E-state index contributed by atoms with van der Waals surface area (Å²) < 4.78 is 10.7. The normalized spacial score (nSPS) is 16.0. The molecule has 158 valence electrons. The molecule has 6 heteroatoms. The van der Waals surface area contributed by atoms with Crippen molar-refractivity contribution in [2.45, 2.75) is 45.2 Å². The maximum atomic E-state index is 5.43. The summed E-state index contributed by atoms with van der Waals surface area (Å²) in [6.45, 7) is 7.18. The molecule has 0 spiro atoms. The lowest BCUT2D eigenvalue weighted by Crippen LogP contribution is -2.49. The van der Waals surface area contributed by atoms with Gasteiger partial charge in [0.2, 0.25) is 0 Å². The number of guanidine groups is 1. The number of nitrogens with one attached hydrogen (secondary N) is 2. The summed E-state index contributed by atoms with van der Waals surface area (Å²) in [5.41, 5.74) is 1.16. The third kappa shape index (κ3) is 7.13. The van der Waals surface area contributed by atoms with Crippen molar-refractivity contribution >= 4 is 5.96 Å². The predicted octanol–water partition coefficient (Wildman–Crippen LogP) is 3.44. The van der Waals surface area contributed by atoms with Crippen LogP contribution in [-0.4, -0.2) is 50.2 Å². The van der Waals surface area contributed by atoms with Gasteiger partial charge in [0, 0.05) is 32.1 Å². The third-order valence-electron chi connectivity index (χ3n) is 5.29. The topological polar surface area (TPSA) is 62.0 Å². The van der Waals surface area contributed by atoms with Gasteiger partial charge >= 0.3 is 0 Å². The van der Waals surface area contributed by atoms with Crippen molar-refractivity contribution in [1.82, 2.24) is 15.5 Å². The number of piperidine rings is 1. The zero-order chi connectivity index (χ0) is 20.3. The third-order valence-corrected chi connectivity index (χ3v) is 5.29. The summed E-state index contributed by atoms with van der Waals surface area (Å²) in [6.07, 6.45) is 6.09. The standard InChI is InChI=1S/C23H34N4O2/c1-3-14-27-15-11-20(12-16-27)26-23(24-13-10-22-5-4-17-29-22)25-18-19-6-8-21(28-2)9-7-19/h4-9,17,20H,3,10-16,18H2,1-2H3,(H2,24,25,26). The van der Waals surface area contributed by atoms with Crippen LogP contribution in [0.25, 0.3) is 0 Å². The summed E-state index contributed by atoms with van der Waals surface area (Å²) in [6, 6.07) is 12.5. The maximum Gasteiger partial charge on any atom is 0.191 e. The Hall–Kier alpha value is -2.47. The molecule has 0 aliphatic carbocycles. The Labute approximate surface area is 174 Å². The van der Waals surface area contributed by atoms with Crippen molar-refractivity contribution in [1.29, 1.82) is 0 Å². The van der Waals surface area contributed by atoms with E-state index >= 15 is 0 Å². The minimum Gasteiger partial charge on any atom is -0.497 e. The van der Waals surface area contributed by atoms with Crippen LogP contribution in [0.15, 0.2) is 52.1 Å². The molecule has 2 aromatic rings. The number of benzene rings is 1. The molecule has 0 amide bonds. The average molecular weight is 399 g/mol. The van der Waals surface area contributed by atoms with E-state index < -0.39 is 0 Å². The molecular weight excluding hydrogens is 364 g/mol. The molecule has 29 heavy (non-hydrogen) atoms. The highest BCUT2D eigenvalue weighted by atomic mass is 16.5. The number of aliphatic imine (C=N–C) groups is 1. The Morgan fingerprint density at radius 3 is 2.66 bits per heavy atom. The predicted molar refractivity (Wildman–Crippen MR) is 117 cm³/mol. The van der Waals surface area contributed by atoms with Crippen LogP contribution in [0.4, 0.5) is 0 Å². The van der Waals surface area contributed by atoms with Gasteiger partial charge in [-0.25, -0.2) is 4.99 Å². The smallest absolute Gasteiger partial charge is 0.191 e. The van der Waals surface area contributed by atoms with E-state index in [2.05, 4.69) is 34.6 Å². The Morgan fingerprint density at radius 1 is 1.21 bits per heavy atom. The van der Waals surface area contributed by atoms with Crippen molar-refractivity contribution < 1.29 is 9.15 Å². The number of likely N-dealkylation sites (tertiary alicyclic amines) is 1. The Bertz CT molecular complexity index is 720. The first-order valence-electron chi connectivity index (χ1n) is 10.7. The van der Waals surface area contributed by atoms with Crippen LogP contribution in [-0.2, 0) is 13.0 Å². The van der Waals surface area contributed by atoms with Crippen LogP contribution in [0, 0.1) is 0 Å². The van der Waals surface area contributed by atoms with Gasteiger partial charge in [-0.1, -0.05) is 19.1 Å². The summed E-state index contributed by atoms with van der Waals surface area (Å²) in [5, 5.41) is 7.12. The molecule has 2 N–H and O–H groups in total. The number of methoxy groups -OCH3 is 1. The zero-order valence-electron chi connectivity index (χ0n) is 17.7. The summed E-state index contributed by atoms with van der Waals surface area (Å²) in [5.74, 6) is 2.73. The first-order valence-corrected chi connectivity index (χ1v) is 10.7. The minimum absolute atomic E-state index is 0.467. The Balaban J connectivity index is 1.55. The number of hydrogen-bond donors (Lipinski definition) is 2. The fourth-order valence-corrected chi connectivity index (χ4v) is 3.62. The van der Waals surface area contributed by atoms with Gasteiger partial charge in [0.1, 0.15) is 11.5 Å². The molecule has 0 radical (unpaired) electrons. The SMILES string of the molecule is CCCN1CCC(NC(=NCc2ccc(OC)cc2)NCCc2ccco2)CC1. The molecule has 1 aromatic carbocycles. The Kier molecular flexibility index (Phi) is 8.43. The number of rotatable bonds is 9. The van der Waals surface area contributed by atoms with Gasteiger partial charge in [-0.05, 0) is 55.6 Å². The Morgan fingerprint density at radius 2 is 2.00 bits per heavy atom. The van der Waals surface area contributed by atoms with Crippen molar-refractivity contribution in [3.63, 3.8) is 0 Å². The second-order valence-corrected chi connectivity index (χ2v) is 7.53.